The van der Waals surface area contributed by atoms with Gasteiger partial charge >= 0.3 is 6.03 Å². The summed E-state index contributed by atoms with van der Waals surface area (Å²) < 4.78 is 16.7. The van der Waals surface area contributed by atoms with Crippen LogP contribution in [0.15, 0.2) is 35.7 Å². The maximum atomic E-state index is 13.6. The van der Waals surface area contributed by atoms with Gasteiger partial charge in [0, 0.05) is 37.2 Å². The predicted molar refractivity (Wildman–Crippen MR) is 137 cm³/mol. The first-order valence-electron chi connectivity index (χ1n) is 11.9. The van der Waals surface area contributed by atoms with Crippen LogP contribution in [0.2, 0.25) is 0 Å². The molecule has 2 heterocycles. The molecule has 1 aliphatic rings. The normalized spacial score (nSPS) is 15.3. The average molecular weight is 504 g/mol. The second kappa shape index (κ2) is 12.3. The number of fused-ring (bicyclic) bond motifs is 1. The zero-order chi connectivity index (χ0) is 25.4. The fourth-order valence-electron chi connectivity index (χ4n) is 4.09. The second-order valence-electron chi connectivity index (χ2n) is 9.56. The summed E-state index contributed by atoms with van der Waals surface area (Å²) in [7, 11) is 3.24. The maximum Gasteiger partial charge on any atom is 0.318 e. The van der Waals surface area contributed by atoms with Gasteiger partial charge in [-0.15, -0.1) is 11.3 Å². The molecule has 3 amide bonds. The summed E-state index contributed by atoms with van der Waals surface area (Å²) in [5.41, 5.74) is 0.705. The van der Waals surface area contributed by atoms with Gasteiger partial charge in [-0.05, 0) is 62.8 Å². The van der Waals surface area contributed by atoms with E-state index < -0.39 is 5.54 Å². The fourth-order valence-corrected chi connectivity index (χ4v) is 5.02. The van der Waals surface area contributed by atoms with Crippen molar-refractivity contribution >= 4 is 23.3 Å². The molecule has 1 atom stereocenters. The molecule has 1 aromatic heterocycles. The summed E-state index contributed by atoms with van der Waals surface area (Å²) in [5, 5.41) is 5.03. The van der Waals surface area contributed by atoms with Gasteiger partial charge in [-0.1, -0.05) is 12.1 Å². The van der Waals surface area contributed by atoms with Crippen molar-refractivity contribution < 1.29 is 23.8 Å². The number of methoxy groups -OCH3 is 2. The molecule has 0 spiro atoms. The molecule has 1 aromatic carbocycles. The monoisotopic (exact) mass is 503 g/mol. The van der Waals surface area contributed by atoms with Crippen LogP contribution in [0.3, 0.4) is 0 Å². The fraction of sp³-hybridized carbons (Fsp3) is 0.538. The second-order valence-corrected chi connectivity index (χ2v) is 10.6. The molecule has 0 radical (unpaired) electrons. The number of carbonyl (C=O) groups excluding carboxylic acids is 2. The van der Waals surface area contributed by atoms with E-state index in [1.165, 1.54) is 4.88 Å². The highest BCUT2D eigenvalue weighted by molar-refractivity contribution is 7.10. The van der Waals surface area contributed by atoms with Crippen molar-refractivity contribution in [2.75, 3.05) is 47.1 Å². The van der Waals surface area contributed by atoms with Gasteiger partial charge in [0.25, 0.3) is 0 Å². The molecule has 8 nitrogen and oxygen atoms in total. The molecule has 0 aliphatic carbocycles. The molecule has 35 heavy (non-hydrogen) atoms. The number of hydrogen-bond donors (Lipinski definition) is 1. The molecule has 3 rings (SSSR count). The van der Waals surface area contributed by atoms with E-state index in [4.69, 9.17) is 14.2 Å². The molecular formula is C26H37N3O5S. The Morgan fingerprint density at radius 1 is 1.17 bits per heavy atom. The first-order chi connectivity index (χ1) is 16.7. The summed E-state index contributed by atoms with van der Waals surface area (Å²) in [4.78, 5) is 31.2. The number of carbonyl (C=O) groups is 2. The third kappa shape index (κ3) is 7.35. The van der Waals surface area contributed by atoms with Crippen molar-refractivity contribution in [3.05, 3.63) is 46.2 Å². The number of urea groups is 1. The number of rotatable bonds is 10. The molecule has 1 N–H and O–H groups in total. The summed E-state index contributed by atoms with van der Waals surface area (Å²) in [6, 6.07) is 9.06. The third-order valence-corrected chi connectivity index (χ3v) is 6.75. The molecule has 0 unspecified atom stereocenters. The number of ether oxygens (including phenoxy) is 3. The van der Waals surface area contributed by atoms with Gasteiger partial charge in [-0.25, -0.2) is 4.79 Å². The van der Waals surface area contributed by atoms with E-state index in [9.17, 15) is 9.59 Å². The van der Waals surface area contributed by atoms with Gasteiger partial charge in [0.15, 0.2) is 11.5 Å². The lowest BCUT2D eigenvalue weighted by Crippen LogP contribution is -2.53. The van der Waals surface area contributed by atoms with E-state index >= 15 is 0 Å². The Labute approximate surface area is 212 Å². The van der Waals surface area contributed by atoms with Crippen LogP contribution in [0, 0.1) is 0 Å². The van der Waals surface area contributed by atoms with Crippen LogP contribution in [0.1, 0.15) is 43.7 Å². The number of benzene rings is 1. The maximum absolute atomic E-state index is 13.6. The van der Waals surface area contributed by atoms with Crippen LogP contribution in [-0.2, 0) is 16.0 Å². The standard InChI is InChI=1S/C26H37N3O5S/c1-26(2,3)27-25(31)28(13-8-15-32-4)17-24(30)29-14-11-23-19(12-16-35-23)20(29)18-34-22-10-7-6-9-21(22)33-5/h6-7,9-10,12,16,20H,8,11,13-15,17-18H2,1-5H3,(H,27,31)/t20-/m0/s1. The Balaban J connectivity index is 1.77. The minimum absolute atomic E-state index is 0.00371. The first kappa shape index (κ1) is 26.8. The van der Waals surface area contributed by atoms with Gasteiger partial charge in [0.1, 0.15) is 13.2 Å². The predicted octanol–water partition coefficient (Wildman–Crippen LogP) is 4.11. The highest BCUT2D eigenvalue weighted by Crippen LogP contribution is 2.35. The topological polar surface area (TPSA) is 80.3 Å². The van der Waals surface area contributed by atoms with Crippen molar-refractivity contribution in [2.24, 2.45) is 0 Å². The molecular weight excluding hydrogens is 466 g/mol. The zero-order valence-corrected chi connectivity index (χ0v) is 22.2. The van der Waals surface area contributed by atoms with Crippen LogP contribution in [-0.4, -0.2) is 74.3 Å². The van der Waals surface area contributed by atoms with Gasteiger partial charge in [-0.2, -0.15) is 0 Å². The molecule has 1 aliphatic heterocycles. The van der Waals surface area contributed by atoms with Crippen LogP contribution < -0.4 is 14.8 Å². The molecule has 9 heteroatoms. The Morgan fingerprint density at radius 3 is 2.60 bits per heavy atom. The van der Waals surface area contributed by atoms with Crippen LogP contribution in [0.25, 0.3) is 0 Å². The molecule has 0 saturated carbocycles. The minimum atomic E-state index is -0.401. The minimum Gasteiger partial charge on any atom is -0.493 e. The van der Waals surface area contributed by atoms with Crippen LogP contribution in [0.4, 0.5) is 4.79 Å². The van der Waals surface area contributed by atoms with E-state index in [0.717, 1.165) is 12.0 Å². The zero-order valence-electron chi connectivity index (χ0n) is 21.3. The molecule has 2 aromatic rings. The number of nitrogens with one attached hydrogen (secondary N) is 1. The molecule has 0 fully saturated rings. The van der Waals surface area contributed by atoms with E-state index in [1.54, 1.807) is 30.5 Å². The van der Waals surface area contributed by atoms with Crippen LogP contribution >= 0.6 is 11.3 Å². The SMILES string of the molecule is COCCCN(CC(=O)N1CCc2sccc2[C@@H]1COc1ccccc1OC)C(=O)NC(C)(C)C. The van der Waals surface area contributed by atoms with E-state index in [1.807, 2.05) is 49.9 Å². The third-order valence-electron chi connectivity index (χ3n) is 5.75. The van der Waals surface area contributed by atoms with Crippen molar-refractivity contribution in [3.8, 4) is 11.5 Å². The van der Waals surface area contributed by atoms with E-state index in [0.29, 0.717) is 44.2 Å². The largest absolute Gasteiger partial charge is 0.493 e. The lowest BCUT2D eigenvalue weighted by molar-refractivity contribution is -0.135. The number of para-hydroxylation sites is 2. The molecule has 0 saturated heterocycles. The van der Waals surface area contributed by atoms with Crippen molar-refractivity contribution in [3.63, 3.8) is 0 Å². The van der Waals surface area contributed by atoms with Gasteiger partial charge < -0.3 is 29.3 Å². The Kier molecular flexibility index (Phi) is 9.40. The average Bonchev–Trinajstić information content (AvgIpc) is 3.30. The summed E-state index contributed by atoms with van der Waals surface area (Å²) in [6.07, 6.45) is 1.44. The number of thiophene rings is 1. The highest BCUT2D eigenvalue weighted by atomic mass is 32.1. The van der Waals surface area contributed by atoms with E-state index in [2.05, 4.69) is 16.8 Å². The smallest absolute Gasteiger partial charge is 0.318 e. The molecule has 0 bridgehead atoms. The highest BCUT2D eigenvalue weighted by Gasteiger charge is 2.34. The Morgan fingerprint density at radius 2 is 1.91 bits per heavy atom. The summed E-state index contributed by atoms with van der Waals surface area (Å²) >= 11 is 1.70. The van der Waals surface area contributed by atoms with Gasteiger partial charge in [-0.3, -0.25) is 4.79 Å². The number of hydrogen-bond acceptors (Lipinski definition) is 6. The van der Waals surface area contributed by atoms with Gasteiger partial charge in [0.2, 0.25) is 5.91 Å². The Hall–Kier alpha value is -2.78. The lowest BCUT2D eigenvalue weighted by Gasteiger charge is -2.37. The van der Waals surface area contributed by atoms with Crippen molar-refractivity contribution in [1.82, 2.24) is 15.1 Å². The van der Waals surface area contributed by atoms with Crippen LogP contribution in [0.5, 0.6) is 11.5 Å². The van der Waals surface area contributed by atoms with Gasteiger partial charge in [0.05, 0.1) is 13.2 Å². The number of amides is 3. The first-order valence-corrected chi connectivity index (χ1v) is 12.8. The lowest BCUT2D eigenvalue weighted by atomic mass is 10.0. The van der Waals surface area contributed by atoms with Crippen molar-refractivity contribution in [2.45, 2.75) is 45.2 Å². The quantitative estimate of drug-likeness (QED) is 0.494. The summed E-state index contributed by atoms with van der Waals surface area (Å²) in [6.45, 7) is 7.60. The molecule has 192 valence electrons. The van der Waals surface area contributed by atoms with E-state index in [-0.39, 0.29) is 24.5 Å². The Bertz CT molecular complexity index is 987. The van der Waals surface area contributed by atoms with Crippen molar-refractivity contribution in [1.29, 1.82) is 0 Å². The summed E-state index contributed by atoms with van der Waals surface area (Å²) in [5.74, 6) is 1.18. The number of nitrogens with zero attached hydrogens (tertiary/aromatic N) is 2.